The number of aromatic amines is 2. The molecule has 5 nitrogen and oxygen atoms in total. The van der Waals surface area contributed by atoms with Gasteiger partial charge in [0.2, 0.25) is 5.78 Å². The zero-order valence-corrected chi connectivity index (χ0v) is 14.5. The van der Waals surface area contributed by atoms with E-state index in [9.17, 15) is 4.79 Å². The number of fused-ring (bicyclic) bond motifs is 1. The van der Waals surface area contributed by atoms with E-state index in [1.807, 2.05) is 30.6 Å². The summed E-state index contributed by atoms with van der Waals surface area (Å²) in [6.07, 6.45) is 3.82. The molecule has 0 spiro atoms. The number of carbonyl (C=O) groups excluding carboxylic acids is 1. The van der Waals surface area contributed by atoms with Crippen LogP contribution < -0.4 is 14.8 Å². The van der Waals surface area contributed by atoms with E-state index in [1.54, 1.807) is 0 Å². The van der Waals surface area contributed by atoms with E-state index in [-0.39, 0.29) is 5.78 Å². The minimum Gasteiger partial charge on any atom is -0.360 e. The number of Topliss-reactive ketones (excluding diaryl/α,β-unsaturated/α-hetero) is 1. The molecular weight excluding hydrogens is 312 g/mol. The molecule has 3 aromatic rings. The molecule has 0 amide bonds. The van der Waals surface area contributed by atoms with Gasteiger partial charge in [-0.25, -0.2) is 4.98 Å². The third kappa shape index (κ3) is 3.28. The Labute approximate surface area is 147 Å². The Bertz CT molecular complexity index is 879. The van der Waals surface area contributed by atoms with Gasteiger partial charge in [-0.1, -0.05) is 17.7 Å². The van der Waals surface area contributed by atoms with Crippen LogP contribution in [-0.2, 0) is 0 Å². The zero-order chi connectivity index (χ0) is 17.2. The van der Waals surface area contributed by atoms with Crippen molar-refractivity contribution >= 4 is 22.5 Å². The lowest BCUT2D eigenvalue weighted by Gasteiger charge is -2.27. The van der Waals surface area contributed by atoms with Gasteiger partial charge in [-0.3, -0.25) is 9.69 Å². The van der Waals surface area contributed by atoms with Gasteiger partial charge in [-0.15, -0.1) is 0 Å². The second-order valence-corrected chi connectivity index (χ2v) is 6.84. The number of nitrogens with one attached hydrogen (secondary N) is 3. The molecule has 1 fully saturated rings. The number of aromatic nitrogens is 2. The summed E-state index contributed by atoms with van der Waals surface area (Å²) >= 11 is 0. The number of benzene rings is 1. The fourth-order valence-corrected chi connectivity index (χ4v) is 3.61. The van der Waals surface area contributed by atoms with Gasteiger partial charge in [0.15, 0.2) is 0 Å². The summed E-state index contributed by atoms with van der Waals surface area (Å²) in [6, 6.07) is 12.4. The van der Waals surface area contributed by atoms with Crippen molar-refractivity contribution in [3.63, 3.8) is 0 Å². The molecule has 1 aromatic carbocycles. The number of anilines is 1. The Hall–Kier alpha value is -2.66. The third-order valence-electron chi connectivity index (χ3n) is 5.05. The number of piperazine rings is 1. The summed E-state index contributed by atoms with van der Waals surface area (Å²) in [4.78, 5) is 23.0. The van der Waals surface area contributed by atoms with Crippen molar-refractivity contribution in [1.82, 2.24) is 4.98 Å². The smallest absolute Gasteiger partial charge is 0.274 e. The molecule has 25 heavy (non-hydrogen) atoms. The minimum atomic E-state index is 0.228. The van der Waals surface area contributed by atoms with Gasteiger partial charge in [-0.2, -0.15) is 0 Å². The lowest BCUT2D eigenvalue weighted by molar-refractivity contribution is -0.892. The molecule has 1 saturated heterocycles. The summed E-state index contributed by atoms with van der Waals surface area (Å²) in [6.45, 7) is 6.52. The van der Waals surface area contributed by atoms with E-state index in [1.165, 1.54) is 10.5 Å². The van der Waals surface area contributed by atoms with Gasteiger partial charge in [0.25, 0.3) is 5.82 Å². The second kappa shape index (κ2) is 6.69. The average molecular weight is 336 g/mol. The highest BCUT2D eigenvalue weighted by Crippen LogP contribution is 2.19. The molecule has 1 aliphatic rings. The van der Waals surface area contributed by atoms with Crippen molar-refractivity contribution in [3.05, 3.63) is 59.9 Å². The first-order chi connectivity index (χ1) is 12.2. The lowest BCUT2D eigenvalue weighted by Crippen LogP contribution is -3.15. The second-order valence-electron chi connectivity index (χ2n) is 6.84. The summed E-state index contributed by atoms with van der Waals surface area (Å²) in [5, 5.41) is 1.04. The number of hydrogen-bond donors (Lipinski definition) is 2. The first-order valence-corrected chi connectivity index (χ1v) is 8.87. The molecule has 0 bridgehead atoms. The maximum absolute atomic E-state index is 12.8. The molecule has 2 aromatic heterocycles. The van der Waals surface area contributed by atoms with Crippen molar-refractivity contribution in [2.45, 2.75) is 6.92 Å². The normalized spacial score (nSPS) is 15.6. The first kappa shape index (κ1) is 15.8. The van der Waals surface area contributed by atoms with Gasteiger partial charge < -0.3 is 9.88 Å². The summed E-state index contributed by atoms with van der Waals surface area (Å²) < 4.78 is 0. The highest BCUT2D eigenvalue weighted by molar-refractivity contribution is 6.08. The Morgan fingerprint density at radius 2 is 2.08 bits per heavy atom. The van der Waals surface area contributed by atoms with Crippen molar-refractivity contribution in [3.8, 4) is 0 Å². The number of aryl methyl sites for hydroxylation is 1. The Morgan fingerprint density at radius 1 is 1.24 bits per heavy atom. The Balaban J connectivity index is 1.41. The van der Waals surface area contributed by atoms with E-state index < -0.39 is 0 Å². The summed E-state index contributed by atoms with van der Waals surface area (Å²) in [7, 11) is 0. The maximum Gasteiger partial charge on any atom is 0.274 e. The largest absolute Gasteiger partial charge is 0.360 e. The number of hydrogen-bond acceptors (Lipinski definition) is 2. The van der Waals surface area contributed by atoms with Gasteiger partial charge in [0, 0.05) is 28.7 Å². The van der Waals surface area contributed by atoms with Crippen LogP contribution >= 0.6 is 0 Å². The van der Waals surface area contributed by atoms with Crippen LogP contribution in [0.4, 0.5) is 5.82 Å². The molecule has 3 heterocycles. The number of quaternary nitrogens is 1. The van der Waals surface area contributed by atoms with E-state index >= 15 is 0 Å². The molecule has 1 aliphatic heterocycles. The molecule has 128 valence electrons. The van der Waals surface area contributed by atoms with E-state index in [0.29, 0.717) is 6.54 Å². The van der Waals surface area contributed by atoms with Crippen LogP contribution in [0.15, 0.2) is 48.8 Å². The van der Waals surface area contributed by atoms with Gasteiger partial charge in [0.05, 0.1) is 6.20 Å². The molecule has 3 N–H and O–H groups in total. The number of nitrogens with zero attached hydrogens (tertiary/aromatic N) is 1. The van der Waals surface area contributed by atoms with Gasteiger partial charge >= 0.3 is 0 Å². The number of pyridine rings is 1. The number of ketones is 1. The fraction of sp³-hybridized carbons (Fsp3) is 0.300. The standard InChI is InChI=1S/C20H22N4O/c1-15-5-6-18-16(12-15)17(13-22-18)19(25)14-23-8-10-24(11-9-23)20-4-2-3-7-21-20/h2-7,12-13,22H,8-11,14H2,1H3/p+2. The van der Waals surface area contributed by atoms with Crippen LogP contribution in [0.5, 0.6) is 0 Å². The molecule has 0 radical (unpaired) electrons. The predicted molar refractivity (Wildman–Crippen MR) is 98.1 cm³/mol. The maximum atomic E-state index is 12.8. The first-order valence-electron chi connectivity index (χ1n) is 8.87. The molecule has 0 aliphatic carbocycles. The predicted octanol–water partition coefficient (Wildman–Crippen LogP) is 0.878. The number of rotatable bonds is 4. The van der Waals surface area contributed by atoms with Crippen LogP contribution in [0.2, 0.25) is 0 Å². The minimum absolute atomic E-state index is 0.228. The van der Waals surface area contributed by atoms with Crippen molar-refractivity contribution in [1.29, 1.82) is 0 Å². The van der Waals surface area contributed by atoms with Crippen molar-refractivity contribution in [2.24, 2.45) is 0 Å². The zero-order valence-electron chi connectivity index (χ0n) is 14.5. The molecule has 0 unspecified atom stereocenters. The van der Waals surface area contributed by atoms with E-state index in [0.717, 1.165) is 48.5 Å². The molecule has 0 atom stereocenters. The van der Waals surface area contributed by atoms with Gasteiger partial charge in [-0.05, 0) is 25.1 Å². The van der Waals surface area contributed by atoms with Crippen molar-refractivity contribution in [2.75, 3.05) is 37.6 Å². The SMILES string of the molecule is Cc1ccc2[nH]cc(C(=O)C[NH+]3CCN(c4cccc[nH+]4)CC3)c2c1. The van der Waals surface area contributed by atoms with Crippen LogP contribution in [0.3, 0.4) is 0 Å². The van der Waals surface area contributed by atoms with Crippen molar-refractivity contribution < 1.29 is 14.7 Å². The fourth-order valence-electron chi connectivity index (χ4n) is 3.61. The number of carbonyl (C=O) groups is 1. The average Bonchev–Trinajstić information content (AvgIpc) is 3.06. The Kier molecular flexibility index (Phi) is 4.24. The summed E-state index contributed by atoms with van der Waals surface area (Å²) in [5.41, 5.74) is 3.04. The number of H-pyrrole nitrogens is 2. The van der Waals surface area contributed by atoms with Crippen LogP contribution in [0, 0.1) is 6.92 Å². The molecule has 4 rings (SSSR count). The quantitative estimate of drug-likeness (QED) is 0.695. The third-order valence-corrected chi connectivity index (χ3v) is 5.05. The van der Waals surface area contributed by atoms with E-state index in [4.69, 9.17) is 0 Å². The molecular formula is C20H24N4O+2. The highest BCUT2D eigenvalue weighted by atomic mass is 16.1. The Morgan fingerprint density at radius 3 is 2.84 bits per heavy atom. The van der Waals surface area contributed by atoms with Crippen LogP contribution in [-0.4, -0.2) is 43.5 Å². The van der Waals surface area contributed by atoms with Crippen LogP contribution in [0.1, 0.15) is 15.9 Å². The molecule has 5 heteroatoms. The van der Waals surface area contributed by atoms with Gasteiger partial charge in [0.1, 0.15) is 32.7 Å². The van der Waals surface area contributed by atoms with E-state index in [2.05, 4.69) is 40.0 Å². The highest BCUT2D eigenvalue weighted by Gasteiger charge is 2.28. The topological polar surface area (TPSA) is 54.7 Å². The summed E-state index contributed by atoms with van der Waals surface area (Å²) in [5.74, 6) is 1.38. The van der Waals surface area contributed by atoms with Crippen LogP contribution in [0.25, 0.3) is 10.9 Å². The molecule has 0 saturated carbocycles. The monoisotopic (exact) mass is 336 g/mol. The lowest BCUT2D eigenvalue weighted by atomic mass is 10.1.